The van der Waals surface area contributed by atoms with Gasteiger partial charge in [0.25, 0.3) is 0 Å². The summed E-state index contributed by atoms with van der Waals surface area (Å²) in [6, 6.07) is -0.794. The molecule has 4 N–H and O–H groups in total. The Morgan fingerprint density at radius 1 is 1.24 bits per heavy atom. The van der Waals surface area contributed by atoms with E-state index in [1.165, 1.54) is 7.11 Å². The maximum absolute atomic E-state index is 12.5. The van der Waals surface area contributed by atoms with Crippen molar-refractivity contribution in [2.75, 3.05) is 14.2 Å². The standard InChI is InChI=1S/C15H31N3O3/c1-7-10(4)14(11(21-6)8-12(16)19)18(5)15(20)13(17)9(2)3/h9-11,13-14H,7-8,17H2,1-6H3,(H2,16,19)/t10-,11+,13-,14?/m0/s1. The van der Waals surface area contributed by atoms with E-state index in [9.17, 15) is 9.59 Å². The molecule has 0 heterocycles. The van der Waals surface area contributed by atoms with Crippen molar-refractivity contribution in [3.05, 3.63) is 0 Å². The maximum atomic E-state index is 12.5. The van der Waals surface area contributed by atoms with Crippen LogP contribution in [0.4, 0.5) is 0 Å². The SMILES string of the molecule is CC[C@H](C)C([C@@H](CC(N)=O)OC)N(C)C(=O)[C@@H](N)C(C)C. The highest BCUT2D eigenvalue weighted by molar-refractivity contribution is 5.82. The number of amides is 2. The molecule has 0 aromatic heterocycles. The smallest absolute Gasteiger partial charge is 0.239 e. The van der Waals surface area contributed by atoms with Crippen LogP contribution in [-0.2, 0) is 14.3 Å². The maximum Gasteiger partial charge on any atom is 0.239 e. The molecule has 0 fully saturated rings. The van der Waals surface area contributed by atoms with Crippen LogP contribution < -0.4 is 11.5 Å². The van der Waals surface area contributed by atoms with Crippen molar-refractivity contribution < 1.29 is 14.3 Å². The largest absolute Gasteiger partial charge is 0.379 e. The highest BCUT2D eigenvalue weighted by Crippen LogP contribution is 2.22. The van der Waals surface area contributed by atoms with Crippen molar-refractivity contribution in [3.8, 4) is 0 Å². The molecule has 0 aromatic carbocycles. The summed E-state index contributed by atoms with van der Waals surface area (Å²) in [6.45, 7) is 7.88. The molecule has 0 bridgehead atoms. The molecule has 0 aliphatic rings. The topological polar surface area (TPSA) is 98.7 Å². The predicted octanol–water partition coefficient (Wildman–Crippen LogP) is 0.733. The normalized spacial score (nSPS) is 17.1. The summed E-state index contributed by atoms with van der Waals surface area (Å²) in [4.78, 5) is 25.3. The molecule has 2 amide bonds. The summed E-state index contributed by atoms with van der Waals surface area (Å²) in [6.07, 6.45) is 0.517. The number of primary amides is 1. The van der Waals surface area contributed by atoms with Crippen molar-refractivity contribution in [1.82, 2.24) is 4.90 Å². The fourth-order valence-corrected chi connectivity index (χ4v) is 2.45. The highest BCUT2D eigenvalue weighted by Gasteiger charge is 2.35. The van der Waals surface area contributed by atoms with E-state index in [-0.39, 0.29) is 30.2 Å². The number of carbonyl (C=O) groups is 2. The van der Waals surface area contributed by atoms with Crippen LogP contribution in [0.1, 0.15) is 40.5 Å². The first kappa shape index (κ1) is 19.9. The molecule has 0 aromatic rings. The second-order valence-electron chi connectivity index (χ2n) is 6.04. The third-order valence-corrected chi connectivity index (χ3v) is 4.11. The van der Waals surface area contributed by atoms with Crippen molar-refractivity contribution in [2.45, 2.75) is 58.7 Å². The fraction of sp³-hybridized carbons (Fsp3) is 0.867. The van der Waals surface area contributed by atoms with E-state index in [1.807, 2.05) is 27.7 Å². The Balaban J connectivity index is 5.30. The number of likely N-dealkylation sites (N-methyl/N-ethyl adjacent to an activating group) is 1. The van der Waals surface area contributed by atoms with Crippen LogP contribution in [-0.4, -0.2) is 49.1 Å². The van der Waals surface area contributed by atoms with E-state index in [1.54, 1.807) is 11.9 Å². The lowest BCUT2D eigenvalue weighted by Gasteiger charge is -2.39. The first-order valence-electron chi connectivity index (χ1n) is 7.50. The summed E-state index contributed by atoms with van der Waals surface area (Å²) < 4.78 is 5.42. The lowest BCUT2D eigenvalue weighted by Crippen LogP contribution is -2.55. The van der Waals surface area contributed by atoms with Crippen LogP contribution in [0.15, 0.2) is 0 Å². The number of hydrogen-bond acceptors (Lipinski definition) is 4. The lowest BCUT2D eigenvalue weighted by atomic mass is 9.90. The van der Waals surface area contributed by atoms with E-state index < -0.39 is 18.1 Å². The first-order chi connectivity index (χ1) is 9.67. The molecule has 0 aliphatic carbocycles. The molecule has 6 heteroatoms. The van der Waals surface area contributed by atoms with Gasteiger partial charge in [0.2, 0.25) is 11.8 Å². The summed E-state index contributed by atoms with van der Waals surface area (Å²) in [5.41, 5.74) is 11.2. The molecule has 4 atom stereocenters. The molecular formula is C15H31N3O3. The monoisotopic (exact) mass is 301 g/mol. The van der Waals surface area contributed by atoms with Gasteiger partial charge in [-0.25, -0.2) is 0 Å². The average Bonchev–Trinajstić information content (AvgIpc) is 2.43. The third kappa shape index (κ3) is 5.63. The molecular weight excluding hydrogens is 270 g/mol. The van der Waals surface area contributed by atoms with Crippen molar-refractivity contribution in [1.29, 1.82) is 0 Å². The second kappa shape index (κ2) is 9.00. The van der Waals surface area contributed by atoms with E-state index in [4.69, 9.17) is 16.2 Å². The summed E-state index contributed by atoms with van der Waals surface area (Å²) in [5.74, 6) is -0.358. The average molecular weight is 301 g/mol. The molecule has 124 valence electrons. The van der Waals surface area contributed by atoms with Gasteiger partial charge in [-0.3, -0.25) is 9.59 Å². The number of nitrogens with zero attached hydrogens (tertiary/aromatic N) is 1. The van der Waals surface area contributed by atoms with Gasteiger partial charge in [-0.15, -0.1) is 0 Å². The number of rotatable bonds is 9. The van der Waals surface area contributed by atoms with Crippen LogP contribution >= 0.6 is 0 Å². The van der Waals surface area contributed by atoms with E-state index in [0.717, 1.165) is 6.42 Å². The Morgan fingerprint density at radius 2 is 1.76 bits per heavy atom. The van der Waals surface area contributed by atoms with E-state index >= 15 is 0 Å². The molecule has 0 saturated carbocycles. The van der Waals surface area contributed by atoms with Crippen molar-refractivity contribution >= 4 is 11.8 Å². The van der Waals surface area contributed by atoms with Crippen LogP contribution in [0.5, 0.6) is 0 Å². The van der Waals surface area contributed by atoms with Gasteiger partial charge < -0.3 is 21.1 Å². The minimum Gasteiger partial charge on any atom is -0.379 e. The van der Waals surface area contributed by atoms with Crippen molar-refractivity contribution in [3.63, 3.8) is 0 Å². The van der Waals surface area contributed by atoms with Crippen LogP contribution in [0, 0.1) is 11.8 Å². The Morgan fingerprint density at radius 3 is 2.10 bits per heavy atom. The number of methoxy groups -OCH3 is 1. The quantitative estimate of drug-likeness (QED) is 0.656. The van der Waals surface area contributed by atoms with Gasteiger partial charge in [0, 0.05) is 14.2 Å². The lowest BCUT2D eigenvalue weighted by molar-refractivity contribution is -0.140. The van der Waals surface area contributed by atoms with Crippen LogP contribution in [0.2, 0.25) is 0 Å². The zero-order chi connectivity index (χ0) is 16.7. The zero-order valence-electron chi connectivity index (χ0n) is 14.1. The zero-order valence-corrected chi connectivity index (χ0v) is 14.1. The van der Waals surface area contributed by atoms with E-state index in [2.05, 4.69) is 0 Å². The van der Waals surface area contributed by atoms with Gasteiger partial charge >= 0.3 is 0 Å². The predicted molar refractivity (Wildman–Crippen MR) is 83.4 cm³/mol. The van der Waals surface area contributed by atoms with Gasteiger partial charge in [0.15, 0.2) is 0 Å². The number of carbonyl (C=O) groups excluding carboxylic acids is 2. The van der Waals surface area contributed by atoms with Gasteiger partial charge in [0.05, 0.1) is 24.6 Å². The third-order valence-electron chi connectivity index (χ3n) is 4.11. The number of ether oxygens (including phenoxy) is 1. The van der Waals surface area contributed by atoms with Crippen molar-refractivity contribution in [2.24, 2.45) is 23.3 Å². The molecule has 21 heavy (non-hydrogen) atoms. The van der Waals surface area contributed by atoms with Crippen LogP contribution in [0.3, 0.4) is 0 Å². The first-order valence-corrected chi connectivity index (χ1v) is 7.50. The minimum absolute atomic E-state index is 0.0506. The molecule has 1 unspecified atom stereocenters. The molecule has 6 nitrogen and oxygen atoms in total. The minimum atomic E-state index is -0.562. The molecule has 0 saturated heterocycles. The molecule has 0 aliphatic heterocycles. The Hall–Kier alpha value is -1.14. The summed E-state index contributed by atoms with van der Waals surface area (Å²) in [5, 5.41) is 0. The number of nitrogens with two attached hydrogens (primary N) is 2. The van der Waals surface area contributed by atoms with E-state index in [0.29, 0.717) is 0 Å². The molecule has 0 rings (SSSR count). The molecule has 0 spiro atoms. The Bertz CT molecular complexity index is 347. The second-order valence-corrected chi connectivity index (χ2v) is 6.04. The molecule has 0 radical (unpaired) electrons. The van der Waals surface area contributed by atoms with Gasteiger partial charge in [-0.1, -0.05) is 34.1 Å². The van der Waals surface area contributed by atoms with Gasteiger partial charge in [-0.2, -0.15) is 0 Å². The number of hydrogen-bond donors (Lipinski definition) is 2. The summed E-state index contributed by atoms with van der Waals surface area (Å²) in [7, 11) is 3.25. The Kier molecular flexibility index (Phi) is 8.51. The van der Waals surface area contributed by atoms with Crippen LogP contribution in [0.25, 0.3) is 0 Å². The highest BCUT2D eigenvalue weighted by atomic mass is 16.5. The summed E-state index contributed by atoms with van der Waals surface area (Å²) >= 11 is 0. The fourth-order valence-electron chi connectivity index (χ4n) is 2.45. The van der Waals surface area contributed by atoms with Gasteiger partial charge in [0.1, 0.15) is 0 Å². The Labute approximate surface area is 128 Å². The van der Waals surface area contributed by atoms with Gasteiger partial charge in [-0.05, 0) is 11.8 Å².